The lowest BCUT2D eigenvalue weighted by Crippen LogP contribution is -2.21. The lowest BCUT2D eigenvalue weighted by Gasteiger charge is -2.09. The average molecular weight is 302 g/mol. The highest BCUT2D eigenvalue weighted by Gasteiger charge is 2.08. The summed E-state index contributed by atoms with van der Waals surface area (Å²) in [7, 11) is 1.52. The lowest BCUT2D eigenvalue weighted by atomic mass is 10.3. The van der Waals surface area contributed by atoms with Gasteiger partial charge in [0.2, 0.25) is 0 Å². The maximum atomic E-state index is 11.7. The summed E-state index contributed by atoms with van der Waals surface area (Å²) < 4.78 is 15.8. The van der Waals surface area contributed by atoms with E-state index in [2.05, 4.69) is 10.3 Å². The van der Waals surface area contributed by atoms with Crippen molar-refractivity contribution in [2.75, 3.05) is 32.2 Å². The smallest absolute Gasteiger partial charge is 0.251 e. The summed E-state index contributed by atoms with van der Waals surface area (Å²) in [5, 5.41) is 2.63. The molecule has 0 atom stereocenters. The molecule has 0 aliphatic heterocycles. The van der Waals surface area contributed by atoms with E-state index in [1.807, 2.05) is 30.3 Å². The molecule has 2 rings (SSSR count). The van der Waals surface area contributed by atoms with Gasteiger partial charge in [0.1, 0.15) is 19.0 Å². The summed E-state index contributed by atoms with van der Waals surface area (Å²) in [6.45, 7) is 0.629. The zero-order chi connectivity index (χ0) is 15.6. The van der Waals surface area contributed by atoms with Gasteiger partial charge in [-0.2, -0.15) is 0 Å². The molecular weight excluding hydrogens is 284 g/mol. The number of nitrogens with zero attached hydrogens (tertiary/aromatic N) is 1. The predicted molar refractivity (Wildman–Crippen MR) is 82.2 cm³/mol. The van der Waals surface area contributed by atoms with E-state index in [-0.39, 0.29) is 12.5 Å². The number of rotatable bonds is 8. The van der Waals surface area contributed by atoms with Gasteiger partial charge in [-0.05, 0) is 24.3 Å². The second-order valence-corrected chi connectivity index (χ2v) is 4.32. The Morgan fingerprint density at radius 1 is 1.14 bits per heavy atom. The molecule has 6 heteroatoms. The van der Waals surface area contributed by atoms with Crippen molar-refractivity contribution in [3.63, 3.8) is 0 Å². The first kappa shape index (κ1) is 15.8. The van der Waals surface area contributed by atoms with E-state index in [9.17, 15) is 4.79 Å². The van der Waals surface area contributed by atoms with Crippen LogP contribution in [0.5, 0.6) is 11.5 Å². The molecule has 0 saturated heterocycles. The number of anilines is 1. The summed E-state index contributed by atoms with van der Waals surface area (Å²) in [5.74, 6) is 1.35. The molecule has 2 aromatic rings. The Hall–Kier alpha value is -2.60. The molecule has 0 saturated carbocycles. The highest BCUT2D eigenvalue weighted by Crippen LogP contribution is 2.19. The number of aromatic nitrogens is 1. The summed E-state index contributed by atoms with van der Waals surface area (Å²) in [4.78, 5) is 15.8. The van der Waals surface area contributed by atoms with Gasteiger partial charge in [-0.3, -0.25) is 4.79 Å². The van der Waals surface area contributed by atoms with Gasteiger partial charge in [-0.15, -0.1) is 0 Å². The topological polar surface area (TPSA) is 69.7 Å². The van der Waals surface area contributed by atoms with Crippen LogP contribution >= 0.6 is 0 Å². The number of para-hydroxylation sites is 1. The van der Waals surface area contributed by atoms with Crippen LogP contribution in [0, 0.1) is 0 Å². The highest BCUT2D eigenvalue weighted by atomic mass is 16.5. The third-order valence-corrected chi connectivity index (χ3v) is 2.72. The number of ether oxygens (including phenoxy) is 3. The summed E-state index contributed by atoms with van der Waals surface area (Å²) in [5.41, 5.74) is 0. The molecule has 0 bridgehead atoms. The number of nitrogens with one attached hydrogen (secondary N) is 1. The van der Waals surface area contributed by atoms with Crippen molar-refractivity contribution in [1.29, 1.82) is 0 Å². The predicted octanol–water partition coefficient (Wildman–Crippen LogP) is 2.12. The number of carbonyl (C=O) groups is 1. The number of amides is 1. The van der Waals surface area contributed by atoms with Crippen molar-refractivity contribution in [1.82, 2.24) is 4.98 Å². The first-order chi connectivity index (χ1) is 10.8. The molecule has 1 aromatic carbocycles. The van der Waals surface area contributed by atoms with Gasteiger partial charge in [0.15, 0.2) is 11.6 Å². The fraction of sp³-hybridized carbons (Fsp3) is 0.250. The maximum absolute atomic E-state index is 11.7. The molecule has 0 aliphatic rings. The van der Waals surface area contributed by atoms with Crippen LogP contribution in [0.2, 0.25) is 0 Å². The maximum Gasteiger partial charge on any atom is 0.251 e. The van der Waals surface area contributed by atoms with Crippen LogP contribution in [0.25, 0.3) is 0 Å². The molecule has 0 unspecified atom stereocenters. The van der Waals surface area contributed by atoms with Crippen molar-refractivity contribution >= 4 is 11.7 Å². The number of carbonyl (C=O) groups excluding carboxylic acids is 1. The van der Waals surface area contributed by atoms with E-state index in [0.29, 0.717) is 24.8 Å². The quantitative estimate of drug-likeness (QED) is 0.756. The zero-order valence-corrected chi connectivity index (χ0v) is 12.3. The highest BCUT2D eigenvalue weighted by molar-refractivity contribution is 5.92. The van der Waals surface area contributed by atoms with Crippen molar-refractivity contribution in [2.24, 2.45) is 0 Å². The van der Waals surface area contributed by atoms with Crippen LogP contribution in [0.3, 0.4) is 0 Å². The van der Waals surface area contributed by atoms with E-state index in [1.165, 1.54) is 7.11 Å². The van der Waals surface area contributed by atoms with E-state index in [1.54, 1.807) is 18.3 Å². The molecule has 116 valence electrons. The monoisotopic (exact) mass is 302 g/mol. The van der Waals surface area contributed by atoms with Crippen LogP contribution in [0.1, 0.15) is 0 Å². The van der Waals surface area contributed by atoms with Gasteiger partial charge in [-0.25, -0.2) is 4.98 Å². The fourth-order valence-corrected chi connectivity index (χ4v) is 1.72. The Labute approximate surface area is 129 Å². The third-order valence-electron chi connectivity index (χ3n) is 2.72. The lowest BCUT2D eigenvalue weighted by molar-refractivity contribution is -0.120. The van der Waals surface area contributed by atoms with E-state index < -0.39 is 0 Å². The molecule has 1 heterocycles. The molecule has 22 heavy (non-hydrogen) atoms. The number of hydrogen-bond acceptors (Lipinski definition) is 5. The minimum absolute atomic E-state index is 0.0715. The Kier molecular flexibility index (Phi) is 6.19. The Bertz CT molecular complexity index is 590. The Morgan fingerprint density at radius 2 is 1.95 bits per heavy atom. The second-order valence-electron chi connectivity index (χ2n) is 4.32. The third kappa shape index (κ3) is 5.06. The fourth-order valence-electron chi connectivity index (χ4n) is 1.72. The molecule has 1 N–H and O–H groups in total. The number of hydrogen-bond donors (Lipinski definition) is 1. The molecule has 1 aromatic heterocycles. The number of methoxy groups -OCH3 is 1. The van der Waals surface area contributed by atoms with Crippen LogP contribution in [-0.2, 0) is 9.53 Å². The van der Waals surface area contributed by atoms with E-state index >= 15 is 0 Å². The van der Waals surface area contributed by atoms with Gasteiger partial charge in [0.05, 0.1) is 13.7 Å². The number of pyridine rings is 1. The summed E-state index contributed by atoms with van der Waals surface area (Å²) >= 11 is 0. The number of benzene rings is 1. The second kappa shape index (κ2) is 8.63. The first-order valence-electron chi connectivity index (χ1n) is 6.84. The minimum Gasteiger partial charge on any atom is -0.493 e. The average Bonchev–Trinajstić information content (AvgIpc) is 2.56. The van der Waals surface area contributed by atoms with Crippen molar-refractivity contribution < 1.29 is 19.0 Å². The summed E-state index contributed by atoms with van der Waals surface area (Å²) in [6, 6.07) is 12.9. The SMILES string of the molecule is COc1cccnc1NC(=O)COCCOc1ccccc1. The van der Waals surface area contributed by atoms with Gasteiger partial charge >= 0.3 is 0 Å². The summed E-state index contributed by atoms with van der Waals surface area (Å²) in [6.07, 6.45) is 1.58. The zero-order valence-electron chi connectivity index (χ0n) is 12.3. The van der Waals surface area contributed by atoms with Crippen molar-refractivity contribution in [3.05, 3.63) is 48.7 Å². The largest absolute Gasteiger partial charge is 0.493 e. The molecular formula is C16H18N2O4. The van der Waals surface area contributed by atoms with Crippen molar-refractivity contribution in [3.8, 4) is 11.5 Å². The Morgan fingerprint density at radius 3 is 2.73 bits per heavy atom. The van der Waals surface area contributed by atoms with Crippen LogP contribution < -0.4 is 14.8 Å². The van der Waals surface area contributed by atoms with E-state index in [0.717, 1.165) is 5.75 Å². The molecule has 0 fully saturated rings. The van der Waals surface area contributed by atoms with Crippen LogP contribution in [-0.4, -0.2) is 37.8 Å². The molecule has 6 nitrogen and oxygen atoms in total. The van der Waals surface area contributed by atoms with Gasteiger partial charge in [-0.1, -0.05) is 18.2 Å². The molecule has 1 amide bonds. The molecule has 0 aliphatic carbocycles. The van der Waals surface area contributed by atoms with E-state index in [4.69, 9.17) is 14.2 Å². The van der Waals surface area contributed by atoms with Crippen LogP contribution in [0.4, 0.5) is 5.82 Å². The molecule has 0 radical (unpaired) electrons. The van der Waals surface area contributed by atoms with Gasteiger partial charge in [0, 0.05) is 6.20 Å². The van der Waals surface area contributed by atoms with Gasteiger partial charge < -0.3 is 19.5 Å². The Balaban J connectivity index is 1.65. The van der Waals surface area contributed by atoms with Gasteiger partial charge in [0.25, 0.3) is 5.91 Å². The molecule has 0 spiro atoms. The van der Waals surface area contributed by atoms with Crippen LogP contribution in [0.15, 0.2) is 48.7 Å². The minimum atomic E-state index is -0.295. The first-order valence-corrected chi connectivity index (χ1v) is 6.84. The standard InChI is InChI=1S/C16H18N2O4/c1-20-14-8-5-9-17-16(14)18-15(19)12-21-10-11-22-13-6-3-2-4-7-13/h2-9H,10-12H2,1H3,(H,17,18,19). The normalized spacial score (nSPS) is 10.0. The van der Waals surface area contributed by atoms with Crippen molar-refractivity contribution in [2.45, 2.75) is 0 Å².